The monoisotopic (exact) mass is 643 g/mol. The molecule has 0 bridgehead atoms. The van der Waals surface area contributed by atoms with Crippen LogP contribution in [-0.4, -0.2) is 35.1 Å². The number of hydrogen-bond acceptors (Lipinski definition) is 4. The summed E-state index contributed by atoms with van der Waals surface area (Å²) >= 11 is 18.6. The van der Waals surface area contributed by atoms with Crippen molar-refractivity contribution < 1.29 is 53.7 Å². The second-order valence-corrected chi connectivity index (χ2v) is 8.78. The molecule has 17 heteroatoms. The number of alkyl halides is 10. The molecule has 0 radical (unpaired) electrons. The predicted molar refractivity (Wildman–Crippen MR) is 111 cm³/mol. The van der Waals surface area contributed by atoms with E-state index in [1.807, 2.05) is 0 Å². The lowest BCUT2D eigenvalue weighted by Gasteiger charge is -2.29. The van der Waals surface area contributed by atoms with Gasteiger partial charge < -0.3 is 14.2 Å². The molecular formula is C18H10BrCl3F9NO3. The zero-order valence-corrected chi connectivity index (χ0v) is 20.4. The van der Waals surface area contributed by atoms with Crippen LogP contribution >= 0.6 is 50.7 Å². The van der Waals surface area contributed by atoms with Gasteiger partial charge in [0.05, 0.1) is 28.8 Å². The third-order valence-electron chi connectivity index (χ3n) is 3.85. The summed E-state index contributed by atoms with van der Waals surface area (Å²) in [6.45, 7) is -0.306. The fourth-order valence-corrected chi connectivity index (χ4v) is 3.08. The highest BCUT2D eigenvalue weighted by molar-refractivity contribution is 9.10. The number of ether oxygens (including phenoxy) is 3. The minimum Gasteiger partial charge on any atom is -0.490 e. The number of nitrogens with zero attached hydrogens (tertiary/aromatic N) is 1. The van der Waals surface area contributed by atoms with E-state index in [1.54, 1.807) is 0 Å². The highest BCUT2D eigenvalue weighted by Crippen LogP contribution is 2.51. The predicted octanol–water partition coefficient (Wildman–Crippen LogP) is 8.50. The highest BCUT2D eigenvalue weighted by Gasteiger charge is 2.72. The van der Waals surface area contributed by atoms with Crippen LogP contribution in [0.5, 0.6) is 17.4 Å². The second kappa shape index (κ2) is 10.9. The minimum atomic E-state index is -6.02. The summed E-state index contributed by atoms with van der Waals surface area (Å²) < 4.78 is 125. The van der Waals surface area contributed by atoms with E-state index in [4.69, 9.17) is 44.3 Å². The summed E-state index contributed by atoms with van der Waals surface area (Å²) in [5.74, 6) is -1.53. The summed E-state index contributed by atoms with van der Waals surface area (Å²) in [6, 6.07) is 1.88. The zero-order valence-electron chi connectivity index (χ0n) is 16.5. The zero-order chi connectivity index (χ0) is 26.8. The Balaban J connectivity index is 1.96. The Hall–Kier alpha value is -1.51. The maximum atomic E-state index is 13.7. The molecule has 0 aliphatic rings. The van der Waals surface area contributed by atoms with Crippen LogP contribution in [0.25, 0.3) is 0 Å². The molecule has 0 spiro atoms. The van der Waals surface area contributed by atoms with Crippen LogP contribution in [0.15, 0.2) is 24.4 Å². The van der Waals surface area contributed by atoms with Gasteiger partial charge in [0.15, 0.2) is 5.75 Å². The van der Waals surface area contributed by atoms with E-state index in [0.29, 0.717) is 24.4 Å². The van der Waals surface area contributed by atoms with Gasteiger partial charge in [0, 0.05) is 24.8 Å². The van der Waals surface area contributed by atoms with E-state index in [-0.39, 0.29) is 36.3 Å². The van der Waals surface area contributed by atoms with Crippen LogP contribution in [0, 0.1) is 0 Å². The average molecular weight is 646 g/mol. The first-order valence-corrected chi connectivity index (χ1v) is 10.8. The van der Waals surface area contributed by atoms with E-state index < -0.39 is 44.4 Å². The summed E-state index contributed by atoms with van der Waals surface area (Å²) in [6.07, 6.45) is -15.4. The first kappa shape index (κ1) is 29.7. The van der Waals surface area contributed by atoms with Crippen molar-refractivity contribution in [3.8, 4) is 17.4 Å². The minimum absolute atomic E-state index is 0.0849. The highest BCUT2D eigenvalue weighted by atomic mass is 79.9. The van der Waals surface area contributed by atoms with Gasteiger partial charge in [-0.15, -0.1) is 0 Å². The molecule has 0 fully saturated rings. The fourth-order valence-electron chi connectivity index (χ4n) is 2.20. The van der Waals surface area contributed by atoms with Crippen LogP contribution < -0.4 is 14.2 Å². The smallest absolute Gasteiger partial charge is 0.453 e. The van der Waals surface area contributed by atoms with Gasteiger partial charge in [-0.3, -0.25) is 0 Å². The molecule has 1 aromatic carbocycles. The fraction of sp³-hybridized carbons (Fsp3) is 0.389. The van der Waals surface area contributed by atoms with Crippen LogP contribution in [-0.2, 0) is 6.18 Å². The molecule has 0 amide bonds. The Labute approximate surface area is 214 Å². The van der Waals surface area contributed by atoms with Crippen LogP contribution in [0.1, 0.15) is 12.0 Å². The van der Waals surface area contributed by atoms with Gasteiger partial charge in [-0.05, 0) is 22.0 Å². The lowest BCUT2D eigenvalue weighted by Crippen LogP contribution is -2.53. The molecule has 0 saturated carbocycles. The van der Waals surface area contributed by atoms with Crippen LogP contribution in [0.4, 0.5) is 39.5 Å². The van der Waals surface area contributed by atoms with Gasteiger partial charge in [-0.2, -0.15) is 35.1 Å². The van der Waals surface area contributed by atoms with Crippen molar-refractivity contribution in [3.63, 3.8) is 0 Å². The van der Waals surface area contributed by atoms with E-state index in [9.17, 15) is 39.5 Å². The number of halogens is 13. The molecule has 0 aliphatic carbocycles. The van der Waals surface area contributed by atoms with Gasteiger partial charge in [0.25, 0.3) is 0 Å². The van der Waals surface area contributed by atoms with Crippen molar-refractivity contribution in [2.75, 3.05) is 13.2 Å². The molecule has 1 aromatic heterocycles. The molecule has 0 aliphatic heterocycles. The van der Waals surface area contributed by atoms with Gasteiger partial charge in [-0.25, -0.2) is 9.37 Å². The first-order chi connectivity index (χ1) is 15.9. The number of benzene rings is 1. The Kier molecular flexibility index (Phi) is 9.21. The lowest BCUT2D eigenvalue weighted by molar-refractivity contribution is -0.318. The Morgan fingerprint density at radius 1 is 0.800 bits per heavy atom. The van der Waals surface area contributed by atoms with Crippen LogP contribution in [0.2, 0.25) is 15.1 Å². The average Bonchev–Trinajstić information content (AvgIpc) is 2.68. The molecule has 35 heavy (non-hydrogen) atoms. The quantitative estimate of drug-likeness (QED) is 0.156. The number of hydrogen-bond donors (Lipinski definition) is 0. The van der Waals surface area contributed by atoms with Crippen molar-refractivity contribution in [1.82, 2.24) is 4.98 Å². The lowest BCUT2D eigenvalue weighted by atomic mass is 10.3. The van der Waals surface area contributed by atoms with Crippen molar-refractivity contribution in [2.24, 2.45) is 0 Å². The molecule has 1 atom stereocenters. The Morgan fingerprint density at radius 3 is 1.83 bits per heavy atom. The maximum Gasteiger partial charge on any atom is 0.453 e. The molecular weight excluding hydrogens is 635 g/mol. The largest absolute Gasteiger partial charge is 0.490 e. The summed E-state index contributed by atoms with van der Waals surface area (Å²) in [5, 5.41) is -1.30. The molecule has 1 heterocycles. The number of pyridine rings is 1. The van der Waals surface area contributed by atoms with Crippen molar-refractivity contribution >= 4 is 50.7 Å². The van der Waals surface area contributed by atoms with Crippen molar-refractivity contribution in [3.05, 3.63) is 45.0 Å². The van der Waals surface area contributed by atoms with E-state index in [2.05, 4.69) is 9.72 Å². The third kappa shape index (κ3) is 7.26. The van der Waals surface area contributed by atoms with E-state index >= 15 is 0 Å². The third-order valence-corrected chi connectivity index (χ3v) is 5.59. The van der Waals surface area contributed by atoms with E-state index in [0.717, 1.165) is 0 Å². The normalized spacial score (nSPS) is 14.4. The van der Waals surface area contributed by atoms with Gasteiger partial charge >= 0.3 is 23.0 Å². The SMILES string of the molecule is FC(F)(F)c1cnc(OCCCOc2c(Cl)cc(OC(F)(F)C(F)(Br)C(F)(F)F)cc2Cl)c(Cl)c1. The van der Waals surface area contributed by atoms with Crippen LogP contribution in [0.3, 0.4) is 0 Å². The molecule has 2 rings (SSSR count). The Bertz CT molecular complexity index is 1030. The number of aromatic nitrogens is 1. The standard InChI is InChI=1S/C18H10BrCl3F9NO3/c19-16(26,17(27,28)29)18(30,31)35-9-5-10(20)13(11(21)6-9)33-2-1-3-34-14-12(22)4-8(7-32-14)15(23,24)25/h4-7H,1-3H2. The van der Waals surface area contributed by atoms with Gasteiger partial charge in [-0.1, -0.05) is 34.8 Å². The topological polar surface area (TPSA) is 40.6 Å². The molecule has 1 unspecified atom stereocenters. The van der Waals surface area contributed by atoms with Gasteiger partial charge in [0.2, 0.25) is 5.88 Å². The first-order valence-electron chi connectivity index (χ1n) is 8.85. The molecule has 0 N–H and O–H groups in total. The van der Waals surface area contributed by atoms with E-state index in [1.165, 1.54) is 15.9 Å². The van der Waals surface area contributed by atoms with Gasteiger partial charge in [0.1, 0.15) is 10.8 Å². The molecule has 2 aromatic rings. The summed E-state index contributed by atoms with van der Waals surface area (Å²) in [4.78, 5) is 3.47. The van der Waals surface area contributed by atoms with Crippen molar-refractivity contribution in [2.45, 2.75) is 29.5 Å². The summed E-state index contributed by atoms with van der Waals surface area (Å²) in [7, 11) is 0. The maximum absolute atomic E-state index is 13.7. The Morgan fingerprint density at radius 2 is 1.34 bits per heavy atom. The molecule has 196 valence electrons. The molecule has 4 nitrogen and oxygen atoms in total. The van der Waals surface area contributed by atoms with Crippen molar-refractivity contribution in [1.29, 1.82) is 0 Å². The summed E-state index contributed by atoms with van der Waals surface area (Å²) in [5.41, 5.74) is -1.07. The second-order valence-electron chi connectivity index (χ2n) is 6.47. The number of rotatable bonds is 9. The molecule has 0 saturated heterocycles.